The first kappa shape index (κ1) is 35.8. The van der Waals surface area contributed by atoms with Gasteiger partial charge in [0.05, 0.1) is 32.2 Å². The molecule has 0 aromatic heterocycles. The summed E-state index contributed by atoms with van der Waals surface area (Å²) in [6.07, 6.45) is 0.0524. The molecule has 0 fully saturated rings. The number of rotatable bonds is 13. The van der Waals surface area contributed by atoms with Crippen LogP contribution in [-0.2, 0) is 20.0 Å². The number of benzene rings is 4. The Bertz CT molecular complexity index is 1890. The topological polar surface area (TPSA) is 190 Å². The minimum Gasteiger partial charge on any atom is -0.491 e. The minimum atomic E-state index is -4.67. The van der Waals surface area contributed by atoms with Crippen molar-refractivity contribution in [1.82, 2.24) is 4.13 Å². The molecule has 3 N–H and O–H groups in total. The van der Waals surface area contributed by atoms with Crippen molar-refractivity contribution in [1.29, 1.82) is 0 Å². The molecule has 0 amide bonds. The Kier molecular flexibility index (Phi) is 12.3. The number of aliphatic hydroxyl groups excluding tert-OH is 1. The summed E-state index contributed by atoms with van der Waals surface area (Å²) in [6, 6.07) is 21.6. The molecule has 0 aliphatic rings. The average molecular weight is 663 g/mol. The number of anilines is 2. The molecule has 13 nitrogen and oxygen atoms in total. The molecule has 0 bridgehead atoms. The van der Waals surface area contributed by atoms with Crippen LogP contribution >= 0.6 is 0 Å². The molecule has 0 heterocycles. The first-order chi connectivity index (χ1) is 20.9. The van der Waals surface area contributed by atoms with Crippen LogP contribution in [0.3, 0.4) is 0 Å². The molecule has 4 aromatic rings. The van der Waals surface area contributed by atoms with E-state index in [-0.39, 0.29) is 46.7 Å². The van der Waals surface area contributed by atoms with Crippen LogP contribution in [0.15, 0.2) is 111 Å². The summed E-state index contributed by atoms with van der Waals surface area (Å²) in [5.74, 6) is 0.609. The number of hydrogen-bond acceptors (Lipinski definition) is 11. The van der Waals surface area contributed by atoms with Crippen molar-refractivity contribution < 1.29 is 31.6 Å². The summed E-state index contributed by atoms with van der Waals surface area (Å²) < 4.78 is 57.8. The minimum absolute atomic E-state index is 0. The number of sulfonamides is 2. The number of aliphatic hydroxyl groups is 1. The van der Waals surface area contributed by atoms with Gasteiger partial charge in [0, 0.05) is 41.3 Å². The van der Waals surface area contributed by atoms with Crippen molar-refractivity contribution in [2.75, 3.05) is 11.9 Å². The zero-order chi connectivity index (χ0) is 31.9. The molecule has 0 aliphatic carbocycles. The predicted octanol–water partition coefficient (Wildman–Crippen LogP) is 5.50. The van der Waals surface area contributed by atoms with Crippen molar-refractivity contribution in [2.45, 2.75) is 36.2 Å². The number of nitro benzene ring substituents is 1. The summed E-state index contributed by atoms with van der Waals surface area (Å²) in [7, 11) is -9.12. The number of aryl methyl sites for hydroxylation is 1. The molecule has 4 rings (SSSR count). The van der Waals surface area contributed by atoms with Crippen LogP contribution in [0.5, 0.6) is 5.75 Å². The van der Waals surface area contributed by atoms with Gasteiger partial charge in [0.15, 0.2) is 0 Å². The summed E-state index contributed by atoms with van der Waals surface area (Å²) in [5, 5.41) is 32.8. The van der Waals surface area contributed by atoms with Crippen LogP contribution in [0.25, 0.3) is 0 Å². The molecule has 1 radical (unpaired) electrons. The first-order valence-electron chi connectivity index (χ1n) is 13.2. The van der Waals surface area contributed by atoms with Gasteiger partial charge >= 0.3 is 0 Å². The van der Waals surface area contributed by atoms with E-state index in [1.54, 1.807) is 52.7 Å². The smallest absolute Gasteiger partial charge is 0.294 e. The maximum Gasteiger partial charge on any atom is 0.294 e. The average Bonchev–Trinajstić information content (AvgIpc) is 3.00. The number of nitrogens with zero attached hydrogens (tertiary/aromatic N) is 3. The van der Waals surface area contributed by atoms with Crippen LogP contribution < -0.4 is 14.2 Å². The molecule has 0 spiro atoms. The second kappa shape index (κ2) is 15.5. The Morgan fingerprint density at radius 2 is 1.56 bits per heavy atom. The van der Waals surface area contributed by atoms with E-state index in [2.05, 4.69) is 15.5 Å². The zero-order valence-corrected chi connectivity index (χ0v) is 28.2. The third kappa shape index (κ3) is 9.64. The molecule has 1 unspecified atom stereocenters. The van der Waals surface area contributed by atoms with Crippen LogP contribution in [0.1, 0.15) is 18.9 Å². The van der Waals surface area contributed by atoms with Crippen molar-refractivity contribution in [3.05, 3.63) is 107 Å². The van der Waals surface area contributed by atoms with Crippen LogP contribution in [0.2, 0.25) is 0 Å². The van der Waals surface area contributed by atoms with Gasteiger partial charge in [-0.3, -0.25) is 10.1 Å². The van der Waals surface area contributed by atoms with Gasteiger partial charge in [-0.1, -0.05) is 25.1 Å². The molecular formula is C29H29N5NaO8S2. The maximum atomic E-state index is 12.8. The molecule has 231 valence electrons. The van der Waals surface area contributed by atoms with Gasteiger partial charge in [-0.05, 0) is 85.6 Å². The fraction of sp³-hybridized carbons (Fsp3) is 0.172. The third-order valence-electron chi connectivity index (χ3n) is 6.25. The molecule has 1 atom stereocenters. The number of hydrogen-bond donors (Lipinski definition) is 3. The maximum absolute atomic E-state index is 12.8. The van der Waals surface area contributed by atoms with Crippen LogP contribution in [0, 0.1) is 17.0 Å². The largest absolute Gasteiger partial charge is 0.491 e. The van der Waals surface area contributed by atoms with Gasteiger partial charge in [-0.25, -0.2) is 16.8 Å². The van der Waals surface area contributed by atoms with Crippen molar-refractivity contribution in [3.63, 3.8) is 0 Å². The number of azo groups is 1. The van der Waals surface area contributed by atoms with E-state index in [1.807, 2.05) is 13.8 Å². The van der Waals surface area contributed by atoms with E-state index < -0.39 is 41.7 Å². The molecule has 0 aliphatic heterocycles. The number of nitrogens with one attached hydrogen (secondary N) is 2. The van der Waals surface area contributed by atoms with Crippen molar-refractivity contribution in [3.8, 4) is 5.75 Å². The Hall–Kier alpha value is -3.70. The van der Waals surface area contributed by atoms with E-state index in [0.29, 0.717) is 29.2 Å². The Morgan fingerprint density at radius 1 is 0.889 bits per heavy atom. The molecule has 4 aromatic carbocycles. The quantitative estimate of drug-likeness (QED) is 0.0718. The Balaban J connectivity index is 0.00000552. The van der Waals surface area contributed by atoms with Gasteiger partial charge in [0.25, 0.3) is 25.7 Å². The van der Waals surface area contributed by atoms with Gasteiger partial charge in [0.2, 0.25) is 0 Å². The van der Waals surface area contributed by atoms with E-state index in [9.17, 15) is 32.1 Å². The first-order valence-corrected chi connectivity index (χ1v) is 16.2. The van der Waals surface area contributed by atoms with E-state index >= 15 is 0 Å². The summed E-state index contributed by atoms with van der Waals surface area (Å²) >= 11 is 0. The third-order valence-corrected chi connectivity index (χ3v) is 9.77. The summed E-state index contributed by atoms with van der Waals surface area (Å²) in [5.41, 5.74) is 1.79. The summed E-state index contributed by atoms with van der Waals surface area (Å²) in [4.78, 5) is 10.1. The van der Waals surface area contributed by atoms with Crippen molar-refractivity contribution >= 4 is 78.0 Å². The van der Waals surface area contributed by atoms with E-state index in [1.165, 1.54) is 30.3 Å². The zero-order valence-electron chi connectivity index (χ0n) is 24.6. The van der Waals surface area contributed by atoms with E-state index in [0.717, 1.165) is 17.7 Å². The molecule has 45 heavy (non-hydrogen) atoms. The van der Waals surface area contributed by atoms with Crippen LogP contribution in [0.4, 0.5) is 28.4 Å². The van der Waals surface area contributed by atoms with E-state index in [4.69, 9.17) is 4.74 Å². The Labute approximate surface area is 282 Å². The fourth-order valence-electron chi connectivity index (χ4n) is 3.79. The Morgan fingerprint density at radius 3 is 2.18 bits per heavy atom. The number of nitro groups is 1. The standard InChI is InChI=1S/C29H29N5O8S2.Na/c1-3-23(35)19-42-24-13-15-27(20(2)17-24)32-31-22-11-9-21(10-12-22)30-28-16-14-26(18-29(28)34(36)37)44(40,41)33-43(38,39)25-7-5-4-6-8-25;/h4-18,23,30,33,35H,3,19H2,1-2H3;. The van der Waals surface area contributed by atoms with Crippen molar-refractivity contribution in [2.24, 2.45) is 10.2 Å². The summed E-state index contributed by atoms with van der Waals surface area (Å²) in [6.45, 7) is 3.91. The number of ether oxygens (including phenoxy) is 1. The van der Waals surface area contributed by atoms with Crippen LogP contribution in [-0.4, -0.2) is 69.1 Å². The SMILES string of the molecule is CCC(O)COc1ccc(N=Nc2ccc(Nc3ccc(S(=O)(=O)NS(=O)(=O)c4ccccc4)cc3[N+](=O)[O-])cc2)c(C)c1.[Na]. The second-order valence-electron chi connectivity index (χ2n) is 9.53. The molecule has 16 heteroatoms. The molecule has 0 saturated heterocycles. The van der Waals surface area contributed by atoms with Gasteiger partial charge in [-0.15, -0.1) is 4.13 Å². The normalized spacial score (nSPS) is 12.3. The predicted molar refractivity (Wildman–Crippen MR) is 170 cm³/mol. The molecular weight excluding hydrogens is 633 g/mol. The monoisotopic (exact) mass is 662 g/mol. The van der Waals surface area contributed by atoms with Gasteiger partial charge < -0.3 is 15.2 Å². The fourth-order valence-corrected chi connectivity index (χ4v) is 6.75. The molecule has 0 saturated carbocycles. The van der Waals surface area contributed by atoms with Gasteiger partial charge in [-0.2, -0.15) is 10.2 Å². The van der Waals surface area contributed by atoms with Gasteiger partial charge in [0.1, 0.15) is 18.0 Å². The second-order valence-corrected chi connectivity index (χ2v) is 13.2.